The summed E-state index contributed by atoms with van der Waals surface area (Å²) in [6.45, 7) is 0.973. The Hall–Kier alpha value is -2.44. The Kier molecular flexibility index (Phi) is 3.74. The van der Waals surface area contributed by atoms with Crippen LogP contribution in [0.2, 0.25) is 0 Å². The summed E-state index contributed by atoms with van der Waals surface area (Å²) < 4.78 is 0. The minimum Gasteiger partial charge on any atom is -0.478 e. The zero-order valence-electron chi connectivity index (χ0n) is 10.1. The van der Waals surface area contributed by atoms with Crippen molar-refractivity contribution >= 4 is 17.8 Å². The van der Waals surface area contributed by atoms with Crippen molar-refractivity contribution in [2.24, 2.45) is 0 Å². The van der Waals surface area contributed by atoms with Crippen LogP contribution in [0.15, 0.2) is 18.3 Å². The Morgan fingerprint density at radius 2 is 2.16 bits per heavy atom. The predicted molar refractivity (Wildman–Crippen MR) is 64.7 cm³/mol. The average molecular weight is 263 g/mol. The minimum absolute atomic E-state index is 0.0932. The Morgan fingerprint density at radius 1 is 1.37 bits per heavy atom. The Labute approximate surface area is 109 Å². The number of carboxylic acids is 1. The van der Waals surface area contributed by atoms with E-state index in [1.54, 1.807) is 0 Å². The van der Waals surface area contributed by atoms with Gasteiger partial charge in [0.1, 0.15) is 5.69 Å². The summed E-state index contributed by atoms with van der Waals surface area (Å²) >= 11 is 0. The smallest absolute Gasteiger partial charge is 0.338 e. The van der Waals surface area contributed by atoms with E-state index in [-0.39, 0.29) is 30.1 Å². The monoisotopic (exact) mass is 263 g/mol. The van der Waals surface area contributed by atoms with Crippen LogP contribution in [0.25, 0.3) is 0 Å². The van der Waals surface area contributed by atoms with Gasteiger partial charge in [0.05, 0.1) is 5.56 Å². The van der Waals surface area contributed by atoms with Gasteiger partial charge in [-0.25, -0.2) is 4.79 Å². The molecule has 1 saturated heterocycles. The number of pyridine rings is 1. The zero-order valence-corrected chi connectivity index (χ0v) is 10.1. The van der Waals surface area contributed by atoms with E-state index in [0.717, 1.165) is 0 Å². The van der Waals surface area contributed by atoms with Gasteiger partial charge in [0.2, 0.25) is 5.91 Å². The van der Waals surface area contributed by atoms with E-state index < -0.39 is 11.9 Å². The number of aromatic carboxylic acids is 1. The van der Waals surface area contributed by atoms with Crippen molar-refractivity contribution in [2.75, 3.05) is 19.6 Å². The van der Waals surface area contributed by atoms with Crippen LogP contribution in [-0.2, 0) is 4.79 Å². The number of carbonyl (C=O) groups is 3. The molecule has 0 radical (unpaired) electrons. The second kappa shape index (κ2) is 5.47. The number of hydrogen-bond donors (Lipinski definition) is 2. The first-order chi connectivity index (χ1) is 9.09. The fraction of sp³-hybridized carbons (Fsp3) is 0.333. The van der Waals surface area contributed by atoms with Crippen LogP contribution in [0.1, 0.15) is 27.3 Å². The van der Waals surface area contributed by atoms with Crippen molar-refractivity contribution in [1.82, 2.24) is 15.2 Å². The molecule has 0 bridgehead atoms. The van der Waals surface area contributed by atoms with Crippen LogP contribution in [0, 0.1) is 0 Å². The number of hydrogen-bond acceptors (Lipinski definition) is 4. The second-order valence-electron chi connectivity index (χ2n) is 4.10. The van der Waals surface area contributed by atoms with Crippen LogP contribution in [0.3, 0.4) is 0 Å². The molecule has 7 heteroatoms. The molecule has 2 heterocycles. The lowest BCUT2D eigenvalue weighted by atomic mass is 10.1. The van der Waals surface area contributed by atoms with Gasteiger partial charge in [0.25, 0.3) is 5.91 Å². The Balaban J connectivity index is 2.24. The van der Waals surface area contributed by atoms with Gasteiger partial charge in [-0.05, 0) is 12.1 Å². The standard InChI is InChI=1S/C12H13N3O4/c16-9-3-6-15(7-5-13-9)11(17)10-8(12(18)19)2-1-4-14-10/h1-2,4H,3,5-7H2,(H,13,16)(H,18,19). The summed E-state index contributed by atoms with van der Waals surface area (Å²) in [4.78, 5) is 39.8. The van der Waals surface area contributed by atoms with Crippen molar-refractivity contribution in [3.8, 4) is 0 Å². The van der Waals surface area contributed by atoms with E-state index in [2.05, 4.69) is 10.3 Å². The molecule has 0 unspecified atom stereocenters. The molecule has 0 atom stereocenters. The highest BCUT2D eigenvalue weighted by molar-refractivity contribution is 6.03. The molecule has 0 spiro atoms. The number of carbonyl (C=O) groups excluding carboxylic acids is 2. The molecule has 100 valence electrons. The maximum Gasteiger partial charge on any atom is 0.338 e. The molecule has 2 amide bonds. The number of nitrogens with zero attached hydrogens (tertiary/aromatic N) is 2. The number of rotatable bonds is 2. The molecule has 1 aromatic heterocycles. The number of nitrogens with one attached hydrogen (secondary N) is 1. The van der Waals surface area contributed by atoms with Crippen molar-refractivity contribution in [3.63, 3.8) is 0 Å². The summed E-state index contributed by atoms with van der Waals surface area (Å²) in [7, 11) is 0. The van der Waals surface area contributed by atoms with Crippen LogP contribution < -0.4 is 5.32 Å². The lowest BCUT2D eigenvalue weighted by molar-refractivity contribution is -0.120. The molecule has 2 rings (SSSR count). The topological polar surface area (TPSA) is 99.6 Å². The van der Waals surface area contributed by atoms with Crippen molar-refractivity contribution in [1.29, 1.82) is 0 Å². The van der Waals surface area contributed by atoms with E-state index in [1.807, 2.05) is 0 Å². The van der Waals surface area contributed by atoms with Gasteiger partial charge in [0.15, 0.2) is 0 Å². The van der Waals surface area contributed by atoms with Gasteiger partial charge in [-0.1, -0.05) is 0 Å². The Bertz CT molecular complexity index is 529. The van der Waals surface area contributed by atoms with Crippen molar-refractivity contribution in [3.05, 3.63) is 29.6 Å². The predicted octanol–water partition coefficient (Wildman–Crippen LogP) is -0.258. The molecule has 19 heavy (non-hydrogen) atoms. The normalized spacial score (nSPS) is 15.6. The third-order valence-electron chi connectivity index (χ3n) is 2.84. The molecule has 1 aliphatic heterocycles. The fourth-order valence-electron chi connectivity index (χ4n) is 1.87. The van der Waals surface area contributed by atoms with E-state index in [9.17, 15) is 14.4 Å². The fourth-order valence-corrected chi connectivity index (χ4v) is 1.87. The summed E-state index contributed by atoms with van der Waals surface area (Å²) in [6, 6.07) is 2.80. The third-order valence-corrected chi connectivity index (χ3v) is 2.84. The second-order valence-corrected chi connectivity index (χ2v) is 4.10. The third kappa shape index (κ3) is 2.87. The molecule has 1 aromatic rings. The van der Waals surface area contributed by atoms with E-state index >= 15 is 0 Å². The van der Waals surface area contributed by atoms with Gasteiger partial charge in [0, 0.05) is 32.3 Å². The molecule has 7 nitrogen and oxygen atoms in total. The highest BCUT2D eigenvalue weighted by Crippen LogP contribution is 2.10. The van der Waals surface area contributed by atoms with Gasteiger partial charge < -0.3 is 15.3 Å². The van der Waals surface area contributed by atoms with Gasteiger partial charge >= 0.3 is 5.97 Å². The molecule has 0 aromatic carbocycles. The molecule has 0 saturated carbocycles. The molecule has 2 N–H and O–H groups in total. The lowest BCUT2D eigenvalue weighted by Crippen LogP contribution is -2.35. The number of amides is 2. The SMILES string of the molecule is O=C1CCN(C(=O)c2ncccc2C(=O)O)CCN1. The first-order valence-electron chi connectivity index (χ1n) is 5.84. The van der Waals surface area contributed by atoms with Crippen LogP contribution in [-0.4, -0.2) is 52.4 Å². The van der Waals surface area contributed by atoms with Gasteiger partial charge in [-0.15, -0.1) is 0 Å². The van der Waals surface area contributed by atoms with Crippen molar-refractivity contribution in [2.45, 2.75) is 6.42 Å². The average Bonchev–Trinajstić information content (AvgIpc) is 2.62. The largest absolute Gasteiger partial charge is 0.478 e. The maximum absolute atomic E-state index is 12.2. The molecule has 0 aliphatic carbocycles. The number of carboxylic acid groups (broad SMARTS) is 1. The first-order valence-corrected chi connectivity index (χ1v) is 5.84. The number of aromatic nitrogens is 1. The molecule has 1 aliphatic rings. The minimum atomic E-state index is -1.19. The first kappa shape index (κ1) is 13.0. The van der Waals surface area contributed by atoms with E-state index in [1.165, 1.54) is 23.2 Å². The highest BCUT2D eigenvalue weighted by atomic mass is 16.4. The lowest BCUT2D eigenvalue weighted by Gasteiger charge is -2.19. The quantitative estimate of drug-likeness (QED) is 0.766. The van der Waals surface area contributed by atoms with E-state index in [4.69, 9.17) is 5.11 Å². The Morgan fingerprint density at radius 3 is 2.89 bits per heavy atom. The van der Waals surface area contributed by atoms with Gasteiger partial charge in [-0.2, -0.15) is 0 Å². The van der Waals surface area contributed by atoms with Crippen LogP contribution in [0.5, 0.6) is 0 Å². The zero-order chi connectivity index (χ0) is 13.8. The van der Waals surface area contributed by atoms with Crippen LogP contribution >= 0.6 is 0 Å². The van der Waals surface area contributed by atoms with E-state index in [0.29, 0.717) is 13.1 Å². The summed E-state index contributed by atoms with van der Waals surface area (Å²) in [5.74, 6) is -1.77. The molecular weight excluding hydrogens is 250 g/mol. The molecular formula is C12H13N3O4. The maximum atomic E-state index is 12.2. The highest BCUT2D eigenvalue weighted by Gasteiger charge is 2.24. The summed E-state index contributed by atoms with van der Waals surface area (Å²) in [6.07, 6.45) is 1.59. The summed E-state index contributed by atoms with van der Waals surface area (Å²) in [5.41, 5.74) is -0.222. The van der Waals surface area contributed by atoms with Gasteiger partial charge in [-0.3, -0.25) is 14.6 Å². The summed E-state index contributed by atoms with van der Waals surface area (Å²) in [5, 5.41) is 11.7. The molecule has 1 fully saturated rings. The van der Waals surface area contributed by atoms with Crippen LogP contribution in [0.4, 0.5) is 0 Å². The van der Waals surface area contributed by atoms with Crippen molar-refractivity contribution < 1.29 is 19.5 Å².